The van der Waals surface area contributed by atoms with Crippen LogP contribution >= 0.6 is 11.6 Å². The molecule has 0 spiro atoms. The highest BCUT2D eigenvalue weighted by Crippen LogP contribution is 2.08. The maximum Gasteiger partial charge on any atom is 0.119 e. The fourth-order valence-corrected chi connectivity index (χ4v) is 0.827. The lowest BCUT2D eigenvalue weighted by molar-refractivity contribution is 0.323. The molecule has 0 aromatic heterocycles. The summed E-state index contributed by atoms with van der Waals surface area (Å²) in [5.41, 5.74) is 0. The first-order valence-electron chi connectivity index (χ1n) is 3.53. The van der Waals surface area contributed by atoms with Crippen molar-refractivity contribution in [1.29, 1.82) is 0 Å². The van der Waals surface area contributed by atoms with Crippen LogP contribution < -0.4 is 4.74 Å². The molecular formula is C9H10ClO. The van der Waals surface area contributed by atoms with Crippen molar-refractivity contribution in [3.8, 4) is 5.75 Å². The summed E-state index contributed by atoms with van der Waals surface area (Å²) < 4.78 is 5.33. The molecule has 0 amide bonds. The lowest BCUT2D eigenvalue weighted by Gasteiger charge is -2.02. The molecular weight excluding hydrogens is 160 g/mol. The van der Waals surface area contributed by atoms with Crippen LogP contribution in [-0.2, 0) is 0 Å². The Balaban J connectivity index is 2.28. The average molecular weight is 170 g/mol. The summed E-state index contributed by atoms with van der Waals surface area (Å²) in [6, 6.07) is 9.70. The maximum atomic E-state index is 5.36. The molecule has 0 saturated heterocycles. The molecule has 1 aromatic carbocycles. The summed E-state index contributed by atoms with van der Waals surface area (Å²) in [5, 5.41) is 0. The Morgan fingerprint density at radius 2 is 2.00 bits per heavy atom. The van der Waals surface area contributed by atoms with E-state index in [-0.39, 0.29) is 0 Å². The monoisotopic (exact) mass is 169 g/mol. The molecule has 0 saturated carbocycles. The Morgan fingerprint density at radius 1 is 1.27 bits per heavy atom. The molecule has 0 N–H and O–H groups in total. The second-order valence-electron chi connectivity index (χ2n) is 2.10. The van der Waals surface area contributed by atoms with Gasteiger partial charge in [0, 0.05) is 0 Å². The highest BCUT2D eigenvalue weighted by Gasteiger charge is 1.89. The number of halogens is 1. The molecule has 0 aliphatic heterocycles. The van der Waals surface area contributed by atoms with Gasteiger partial charge in [0.25, 0.3) is 0 Å². The van der Waals surface area contributed by atoms with Crippen LogP contribution in [0.15, 0.2) is 30.3 Å². The lowest BCUT2D eigenvalue weighted by Crippen LogP contribution is -1.95. The van der Waals surface area contributed by atoms with Crippen LogP contribution in [0.3, 0.4) is 0 Å². The molecule has 0 aliphatic rings. The molecule has 59 valence electrons. The minimum atomic E-state index is 0.646. The topological polar surface area (TPSA) is 9.23 Å². The SMILES string of the molecule is Cl[CH]CCOc1ccccc1. The Morgan fingerprint density at radius 3 is 2.64 bits per heavy atom. The summed E-state index contributed by atoms with van der Waals surface area (Å²) in [5.74, 6) is 2.47. The van der Waals surface area contributed by atoms with Crippen molar-refractivity contribution in [3.05, 3.63) is 36.2 Å². The summed E-state index contributed by atoms with van der Waals surface area (Å²) in [6.07, 6.45) is 0.774. The maximum absolute atomic E-state index is 5.36. The van der Waals surface area contributed by atoms with Crippen LogP contribution in [0.1, 0.15) is 6.42 Å². The van der Waals surface area contributed by atoms with Gasteiger partial charge in [-0.25, -0.2) is 0 Å². The predicted molar refractivity (Wildman–Crippen MR) is 46.7 cm³/mol. The van der Waals surface area contributed by atoms with E-state index in [1.165, 1.54) is 0 Å². The number of ether oxygens (including phenoxy) is 1. The number of hydrogen-bond donors (Lipinski definition) is 0. The van der Waals surface area contributed by atoms with E-state index in [0.717, 1.165) is 12.2 Å². The van der Waals surface area contributed by atoms with Crippen molar-refractivity contribution in [1.82, 2.24) is 0 Å². The van der Waals surface area contributed by atoms with Crippen LogP contribution in [0.4, 0.5) is 0 Å². The molecule has 0 heterocycles. The van der Waals surface area contributed by atoms with Crippen LogP contribution in [-0.4, -0.2) is 6.61 Å². The number of rotatable bonds is 4. The Hall–Kier alpha value is -0.690. The van der Waals surface area contributed by atoms with Gasteiger partial charge in [0.15, 0.2) is 0 Å². The van der Waals surface area contributed by atoms with Crippen LogP contribution in [0.25, 0.3) is 0 Å². The van der Waals surface area contributed by atoms with Gasteiger partial charge in [0.2, 0.25) is 0 Å². The van der Waals surface area contributed by atoms with Gasteiger partial charge in [-0.2, -0.15) is 0 Å². The second-order valence-corrected chi connectivity index (χ2v) is 2.41. The molecule has 0 aliphatic carbocycles. The number of hydrogen-bond acceptors (Lipinski definition) is 1. The van der Waals surface area contributed by atoms with Crippen molar-refractivity contribution in [3.63, 3.8) is 0 Å². The molecule has 0 fully saturated rings. The standard InChI is InChI=1S/C9H10ClO/c10-7-4-8-11-9-5-2-1-3-6-9/h1-3,5-7H,4,8H2. The molecule has 0 atom stereocenters. The van der Waals surface area contributed by atoms with Crippen molar-refractivity contribution >= 4 is 11.6 Å². The molecule has 1 radical (unpaired) electrons. The molecule has 2 heteroatoms. The van der Waals surface area contributed by atoms with Gasteiger partial charge in [-0.3, -0.25) is 0 Å². The van der Waals surface area contributed by atoms with Gasteiger partial charge < -0.3 is 4.74 Å². The third kappa shape index (κ3) is 3.28. The summed E-state index contributed by atoms with van der Waals surface area (Å²) in [4.78, 5) is 0. The third-order valence-electron chi connectivity index (χ3n) is 1.24. The van der Waals surface area contributed by atoms with Gasteiger partial charge in [-0.1, -0.05) is 18.2 Å². The van der Waals surface area contributed by atoms with Crippen LogP contribution in [0.2, 0.25) is 0 Å². The van der Waals surface area contributed by atoms with Crippen LogP contribution in [0, 0.1) is 5.88 Å². The minimum Gasteiger partial charge on any atom is -0.494 e. The van der Waals surface area contributed by atoms with Gasteiger partial charge in [-0.05, 0) is 18.6 Å². The van der Waals surface area contributed by atoms with E-state index in [0.29, 0.717) is 6.61 Å². The van der Waals surface area contributed by atoms with E-state index in [1.807, 2.05) is 30.3 Å². The molecule has 1 aromatic rings. The van der Waals surface area contributed by atoms with E-state index in [1.54, 1.807) is 5.88 Å². The van der Waals surface area contributed by atoms with E-state index in [2.05, 4.69) is 0 Å². The fourth-order valence-electron chi connectivity index (χ4n) is 0.738. The number of benzene rings is 1. The minimum absolute atomic E-state index is 0.646. The second kappa shape index (κ2) is 5.03. The normalized spacial score (nSPS) is 9.55. The third-order valence-corrected chi connectivity index (χ3v) is 1.46. The first-order valence-corrected chi connectivity index (χ1v) is 3.97. The molecule has 1 rings (SSSR count). The quantitative estimate of drug-likeness (QED) is 0.630. The zero-order chi connectivity index (χ0) is 7.94. The van der Waals surface area contributed by atoms with Crippen LogP contribution in [0.5, 0.6) is 5.75 Å². The highest BCUT2D eigenvalue weighted by molar-refractivity contribution is 6.23. The first kappa shape index (κ1) is 8.41. The van der Waals surface area contributed by atoms with E-state index in [9.17, 15) is 0 Å². The predicted octanol–water partition coefficient (Wildman–Crippen LogP) is 2.86. The van der Waals surface area contributed by atoms with E-state index in [4.69, 9.17) is 16.3 Å². The zero-order valence-corrected chi connectivity index (χ0v) is 6.92. The Labute approximate surface area is 71.9 Å². The summed E-state index contributed by atoms with van der Waals surface area (Å²) in [6.45, 7) is 0.646. The van der Waals surface area contributed by atoms with Gasteiger partial charge in [-0.15, -0.1) is 11.6 Å². The first-order chi connectivity index (χ1) is 5.43. The largest absolute Gasteiger partial charge is 0.494 e. The zero-order valence-electron chi connectivity index (χ0n) is 6.16. The van der Waals surface area contributed by atoms with E-state index >= 15 is 0 Å². The lowest BCUT2D eigenvalue weighted by atomic mass is 10.3. The van der Waals surface area contributed by atoms with Crippen molar-refractivity contribution in [2.75, 3.05) is 6.61 Å². The van der Waals surface area contributed by atoms with Gasteiger partial charge in [0.1, 0.15) is 5.75 Å². The van der Waals surface area contributed by atoms with Crippen molar-refractivity contribution < 1.29 is 4.74 Å². The smallest absolute Gasteiger partial charge is 0.119 e. The Kier molecular flexibility index (Phi) is 3.84. The average Bonchev–Trinajstić information content (AvgIpc) is 2.07. The highest BCUT2D eigenvalue weighted by atomic mass is 35.5. The molecule has 1 nitrogen and oxygen atoms in total. The fraction of sp³-hybridized carbons (Fsp3) is 0.222. The van der Waals surface area contributed by atoms with Gasteiger partial charge >= 0.3 is 0 Å². The molecule has 0 bridgehead atoms. The molecule has 0 unspecified atom stereocenters. The van der Waals surface area contributed by atoms with Crippen molar-refractivity contribution in [2.24, 2.45) is 0 Å². The molecule has 11 heavy (non-hydrogen) atoms. The van der Waals surface area contributed by atoms with Crippen molar-refractivity contribution in [2.45, 2.75) is 6.42 Å². The number of para-hydroxylation sites is 1. The van der Waals surface area contributed by atoms with Gasteiger partial charge in [0.05, 0.1) is 12.5 Å². The summed E-state index contributed by atoms with van der Waals surface area (Å²) in [7, 11) is 0. The summed E-state index contributed by atoms with van der Waals surface area (Å²) >= 11 is 5.36. The van der Waals surface area contributed by atoms with E-state index < -0.39 is 0 Å². The Bertz CT molecular complexity index is 186.